The van der Waals surface area contributed by atoms with Crippen LogP contribution in [0.25, 0.3) is 0 Å². The molecular weight excluding hydrogens is 166 g/mol. The number of hydrogen-bond acceptors (Lipinski definition) is 3. The molecule has 0 spiro atoms. The molecule has 0 unspecified atom stereocenters. The number of aromatic nitrogens is 1. The average Bonchev–Trinajstić information content (AvgIpc) is 2.15. The van der Waals surface area contributed by atoms with Crippen LogP contribution < -0.4 is 4.74 Å². The zero-order valence-electron chi connectivity index (χ0n) is 8.28. The Balaban J connectivity index is 2.49. The van der Waals surface area contributed by atoms with Crippen molar-refractivity contribution in [3.8, 4) is 5.88 Å². The van der Waals surface area contributed by atoms with E-state index in [0.717, 1.165) is 5.56 Å². The average molecular weight is 181 g/mol. The fourth-order valence-electron chi connectivity index (χ4n) is 0.880. The lowest BCUT2D eigenvalue weighted by Crippen LogP contribution is -2.02. The van der Waals surface area contributed by atoms with Crippen LogP contribution in [0.15, 0.2) is 18.3 Å². The number of rotatable bonds is 4. The maximum atomic E-state index is 5.42. The molecule has 13 heavy (non-hydrogen) atoms. The molecule has 0 N–H and O–H groups in total. The highest BCUT2D eigenvalue weighted by Gasteiger charge is 1.97. The molecule has 0 amide bonds. The van der Waals surface area contributed by atoms with Gasteiger partial charge in [0, 0.05) is 12.3 Å². The van der Waals surface area contributed by atoms with E-state index < -0.39 is 0 Å². The maximum Gasteiger partial charge on any atom is 0.212 e. The van der Waals surface area contributed by atoms with E-state index in [1.807, 2.05) is 26.0 Å². The van der Waals surface area contributed by atoms with Gasteiger partial charge >= 0.3 is 0 Å². The molecule has 72 valence electrons. The summed E-state index contributed by atoms with van der Waals surface area (Å²) >= 11 is 0. The standard InChI is InChI=1S/C10H15NO2/c1-8(2)13-7-9-4-5-10(12-3)11-6-9/h4-6,8H,7H2,1-3H3. The second kappa shape index (κ2) is 4.82. The van der Waals surface area contributed by atoms with Crippen LogP contribution in [-0.4, -0.2) is 18.2 Å². The first-order valence-electron chi connectivity index (χ1n) is 4.33. The zero-order chi connectivity index (χ0) is 9.68. The minimum Gasteiger partial charge on any atom is -0.481 e. The molecule has 0 aliphatic carbocycles. The largest absolute Gasteiger partial charge is 0.481 e. The van der Waals surface area contributed by atoms with Crippen LogP contribution >= 0.6 is 0 Å². The monoisotopic (exact) mass is 181 g/mol. The lowest BCUT2D eigenvalue weighted by Gasteiger charge is -2.07. The molecule has 0 saturated carbocycles. The minimum absolute atomic E-state index is 0.252. The minimum atomic E-state index is 0.252. The molecule has 0 saturated heterocycles. The Morgan fingerprint density at radius 1 is 1.38 bits per heavy atom. The molecule has 1 aromatic heterocycles. The highest BCUT2D eigenvalue weighted by Crippen LogP contribution is 2.08. The van der Waals surface area contributed by atoms with E-state index in [9.17, 15) is 0 Å². The van der Waals surface area contributed by atoms with Crippen LogP contribution in [0.5, 0.6) is 5.88 Å². The van der Waals surface area contributed by atoms with Crippen LogP contribution in [0.4, 0.5) is 0 Å². The lowest BCUT2D eigenvalue weighted by atomic mass is 10.3. The molecule has 1 rings (SSSR count). The molecular formula is C10H15NO2. The second-order valence-electron chi connectivity index (χ2n) is 3.07. The quantitative estimate of drug-likeness (QED) is 0.712. The zero-order valence-corrected chi connectivity index (χ0v) is 8.28. The maximum absolute atomic E-state index is 5.42. The summed E-state index contributed by atoms with van der Waals surface area (Å²) < 4.78 is 10.4. The van der Waals surface area contributed by atoms with Crippen molar-refractivity contribution < 1.29 is 9.47 Å². The van der Waals surface area contributed by atoms with Gasteiger partial charge in [0.05, 0.1) is 19.8 Å². The highest BCUT2D eigenvalue weighted by molar-refractivity contribution is 5.16. The van der Waals surface area contributed by atoms with E-state index in [2.05, 4.69) is 4.98 Å². The summed E-state index contributed by atoms with van der Waals surface area (Å²) in [5.41, 5.74) is 1.06. The van der Waals surface area contributed by atoms with Crippen LogP contribution in [0.1, 0.15) is 19.4 Å². The third kappa shape index (κ3) is 3.42. The van der Waals surface area contributed by atoms with Crippen molar-refractivity contribution in [2.75, 3.05) is 7.11 Å². The van der Waals surface area contributed by atoms with E-state index in [1.165, 1.54) is 0 Å². The summed E-state index contributed by atoms with van der Waals surface area (Å²) in [6.07, 6.45) is 2.02. The van der Waals surface area contributed by atoms with Gasteiger partial charge in [0.1, 0.15) is 0 Å². The second-order valence-corrected chi connectivity index (χ2v) is 3.07. The molecule has 0 aliphatic rings. The van der Waals surface area contributed by atoms with Gasteiger partial charge in [-0.05, 0) is 25.5 Å². The predicted octanol–water partition coefficient (Wildman–Crippen LogP) is 2.02. The fraction of sp³-hybridized carbons (Fsp3) is 0.500. The number of methoxy groups -OCH3 is 1. The van der Waals surface area contributed by atoms with Gasteiger partial charge in [-0.3, -0.25) is 0 Å². The molecule has 3 nitrogen and oxygen atoms in total. The van der Waals surface area contributed by atoms with Gasteiger partial charge in [-0.25, -0.2) is 4.98 Å². The molecule has 0 fully saturated rings. The Morgan fingerprint density at radius 2 is 2.15 bits per heavy atom. The Morgan fingerprint density at radius 3 is 2.62 bits per heavy atom. The van der Waals surface area contributed by atoms with E-state index in [-0.39, 0.29) is 6.10 Å². The highest BCUT2D eigenvalue weighted by atomic mass is 16.5. The number of pyridine rings is 1. The Bertz CT molecular complexity index is 244. The van der Waals surface area contributed by atoms with Gasteiger partial charge in [-0.15, -0.1) is 0 Å². The van der Waals surface area contributed by atoms with Gasteiger partial charge in [-0.1, -0.05) is 0 Å². The third-order valence-electron chi connectivity index (χ3n) is 1.59. The summed E-state index contributed by atoms with van der Waals surface area (Å²) in [6.45, 7) is 4.63. The predicted molar refractivity (Wildman–Crippen MR) is 50.7 cm³/mol. The SMILES string of the molecule is COc1ccc(COC(C)C)cn1. The van der Waals surface area contributed by atoms with Gasteiger partial charge in [0.15, 0.2) is 0 Å². The topological polar surface area (TPSA) is 31.4 Å². The van der Waals surface area contributed by atoms with Crippen molar-refractivity contribution in [3.63, 3.8) is 0 Å². The van der Waals surface area contributed by atoms with E-state index >= 15 is 0 Å². The lowest BCUT2D eigenvalue weighted by molar-refractivity contribution is 0.0655. The Kier molecular flexibility index (Phi) is 3.71. The first kappa shape index (κ1) is 9.99. The molecule has 0 bridgehead atoms. The summed E-state index contributed by atoms with van der Waals surface area (Å²) in [5.74, 6) is 0.633. The van der Waals surface area contributed by atoms with Crippen molar-refractivity contribution >= 4 is 0 Å². The number of nitrogens with zero attached hydrogens (tertiary/aromatic N) is 1. The first-order chi connectivity index (χ1) is 6.22. The van der Waals surface area contributed by atoms with Crippen molar-refractivity contribution in [3.05, 3.63) is 23.9 Å². The third-order valence-corrected chi connectivity index (χ3v) is 1.59. The molecule has 0 radical (unpaired) electrons. The molecule has 1 aromatic rings. The van der Waals surface area contributed by atoms with Crippen molar-refractivity contribution in [1.29, 1.82) is 0 Å². The van der Waals surface area contributed by atoms with Gasteiger partial charge in [0.25, 0.3) is 0 Å². The molecule has 3 heteroatoms. The van der Waals surface area contributed by atoms with Crippen molar-refractivity contribution in [2.45, 2.75) is 26.6 Å². The summed E-state index contributed by atoms with van der Waals surface area (Å²) in [6, 6.07) is 3.78. The summed E-state index contributed by atoms with van der Waals surface area (Å²) in [7, 11) is 1.60. The van der Waals surface area contributed by atoms with Crippen LogP contribution in [0, 0.1) is 0 Å². The van der Waals surface area contributed by atoms with Crippen molar-refractivity contribution in [1.82, 2.24) is 4.98 Å². The Hall–Kier alpha value is -1.09. The molecule has 0 aliphatic heterocycles. The van der Waals surface area contributed by atoms with Crippen molar-refractivity contribution in [2.24, 2.45) is 0 Å². The first-order valence-corrected chi connectivity index (χ1v) is 4.33. The van der Waals surface area contributed by atoms with E-state index in [0.29, 0.717) is 12.5 Å². The van der Waals surface area contributed by atoms with Crippen LogP contribution in [-0.2, 0) is 11.3 Å². The van der Waals surface area contributed by atoms with Gasteiger partial charge < -0.3 is 9.47 Å². The summed E-state index contributed by atoms with van der Waals surface area (Å²) in [4.78, 5) is 4.07. The fourth-order valence-corrected chi connectivity index (χ4v) is 0.880. The summed E-state index contributed by atoms with van der Waals surface area (Å²) in [5, 5.41) is 0. The van der Waals surface area contributed by atoms with E-state index in [4.69, 9.17) is 9.47 Å². The molecule has 1 heterocycles. The molecule has 0 aromatic carbocycles. The van der Waals surface area contributed by atoms with Crippen LogP contribution in [0.3, 0.4) is 0 Å². The Labute approximate surface area is 78.7 Å². The van der Waals surface area contributed by atoms with Gasteiger partial charge in [-0.2, -0.15) is 0 Å². The van der Waals surface area contributed by atoms with Crippen LogP contribution in [0.2, 0.25) is 0 Å². The number of ether oxygens (including phenoxy) is 2. The van der Waals surface area contributed by atoms with Gasteiger partial charge in [0.2, 0.25) is 5.88 Å². The molecule has 0 atom stereocenters. The normalized spacial score (nSPS) is 10.5. The smallest absolute Gasteiger partial charge is 0.212 e. The number of hydrogen-bond donors (Lipinski definition) is 0. The van der Waals surface area contributed by atoms with E-state index in [1.54, 1.807) is 13.3 Å².